The van der Waals surface area contributed by atoms with Crippen molar-refractivity contribution in [1.82, 2.24) is 10.3 Å². The molecule has 1 aromatic rings. The minimum atomic E-state index is -2.15. The van der Waals surface area contributed by atoms with Crippen molar-refractivity contribution < 1.29 is 4.57 Å². The molecule has 0 amide bonds. The minimum absolute atomic E-state index is 0.754. The first-order valence-corrected chi connectivity index (χ1v) is 8.87. The summed E-state index contributed by atoms with van der Waals surface area (Å²) < 4.78 is 11.9. The molecule has 1 aromatic heterocycles. The van der Waals surface area contributed by atoms with Gasteiger partial charge in [0.15, 0.2) is 0 Å². The van der Waals surface area contributed by atoms with Gasteiger partial charge in [0.25, 0.3) is 0 Å². The van der Waals surface area contributed by atoms with Gasteiger partial charge in [0, 0.05) is 17.2 Å². The smallest absolute Gasteiger partial charge is 0.111 e. The maximum absolute atomic E-state index is 11.9. The molecule has 0 saturated carbocycles. The van der Waals surface area contributed by atoms with E-state index in [1.54, 1.807) is 19.5 Å². The highest BCUT2D eigenvalue weighted by atomic mass is 31.2. The fourth-order valence-corrected chi connectivity index (χ4v) is 3.01. The van der Waals surface area contributed by atoms with Gasteiger partial charge in [-0.3, -0.25) is 4.98 Å². The second-order valence-corrected chi connectivity index (χ2v) is 8.47. The van der Waals surface area contributed by atoms with Crippen LogP contribution in [0.15, 0.2) is 18.3 Å². The highest BCUT2D eigenvalue weighted by Gasteiger charge is 2.15. The molecule has 0 unspecified atom stereocenters. The summed E-state index contributed by atoms with van der Waals surface area (Å²) in [5.41, 5.74) is 1.13. The van der Waals surface area contributed by atoms with E-state index in [0.717, 1.165) is 36.4 Å². The number of hydrogen-bond donors (Lipinski definition) is 1. The van der Waals surface area contributed by atoms with Crippen molar-refractivity contribution in [2.24, 2.45) is 5.92 Å². The molecule has 1 fully saturated rings. The van der Waals surface area contributed by atoms with Crippen molar-refractivity contribution in [3.05, 3.63) is 24.0 Å². The molecule has 3 nitrogen and oxygen atoms in total. The van der Waals surface area contributed by atoms with Crippen LogP contribution in [0.2, 0.25) is 0 Å². The first-order valence-electron chi connectivity index (χ1n) is 6.27. The van der Waals surface area contributed by atoms with Crippen LogP contribution in [0.5, 0.6) is 0 Å². The van der Waals surface area contributed by atoms with E-state index in [0.29, 0.717) is 0 Å². The van der Waals surface area contributed by atoms with Crippen LogP contribution in [0.4, 0.5) is 0 Å². The third-order valence-electron chi connectivity index (χ3n) is 3.39. The average Bonchev–Trinajstić information content (AvgIpc) is 2.30. The van der Waals surface area contributed by atoms with Gasteiger partial charge in [-0.1, -0.05) is 0 Å². The Hall–Kier alpha value is -0.660. The monoisotopic (exact) mass is 252 g/mol. The molecular formula is C13H21N2OP. The van der Waals surface area contributed by atoms with Gasteiger partial charge in [0.05, 0.1) is 0 Å². The van der Waals surface area contributed by atoms with E-state index in [-0.39, 0.29) is 0 Å². The first-order chi connectivity index (χ1) is 8.05. The van der Waals surface area contributed by atoms with E-state index < -0.39 is 7.14 Å². The zero-order valence-corrected chi connectivity index (χ0v) is 11.5. The molecule has 4 heteroatoms. The van der Waals surface area contributed by atoms with Crippen molar-refractivity contribution in [3.8, 4) is 0 Å². The summed E-state index contributed by atoms with van der Waals surface area (Å²) in [5.74, 6) is 0.754. The molecule has 0 aliphatic carbocycles. The Morgan fingerprint density at radius 2 is 2.06 bits per heavy atom. The highest BCUT2D eigenvalue weighted by molar-refractivity contribution is 7.70. The van der Waals surface area contributed by atoms with Crippen LogP contribution in [0.25, 0.3) is 0 Å². The summed E-state index contributed by atoms with van der Waals surface area (Å²) >= 11 is 0. The zero-order valence-electron chi connectivity index (χ0n) is 10.6. The van der Waals surface area contributed by atoms with Gasteiger partial charge in [-0.2, -0.15) is 0 Å². The summed E-state index contributed by atoms with van der Waals surface area (Å²) in [6.07, 6.45) is 5.32. The number of nitrogens with zero attached hydrogens (tertiary/aromatic N) is 1. The lowest BCUT2D eigenvalue weighted by Gasteiger charge is -2.22. The topological polar surface area (TPSA) is 42.0 Å². The van der Waals surface area contributed by atoms with Crippen LogP contribution < -0.4 is 10.6 Å². The molecule has 2 rings (SSSR count). The molecule has 2 heterocycles. The second-order valence-electron chi connectivity index (χ2n) is 5.26. The third-order valence-corrected chi connectivity index (χ3v) is 4.90. The number of aromatic nitrogens is 1. The van der Waals surface area contributed by atoms with E-state index in [1.165, 1.54) is 12.8 Å². The lowest BCUT2D eigenvalue weighted by molar-refractivity contribution is 0.370. The normalized spacial score (nSPS) is 18.2. The molecule has 0 atom stereocenters. The van der Waals surface area contributed by atoms with Crippen molar-refractivity contribution in [2.75, 3.05) is 26.4 Å². The Balaban J connectivity index is 2.00. The number of hydrogen-bond acceptors (Lipinski definition) is 3. The molecule has 94 valence electrons. The van der Waals surface area contributed by atoms with Gasteiger partial charge in [0.1, 0.15) is 7.14 Å². The number of nitrogens with one attached hydrogen (secondary N) is 1. The number of pyridine rings is 1. The van der Waals surface area contributed by atoms with Crippen LogP contribution in [-0.4, -0.2) is 31.4 Å². The van der Waals surface area contributed by atoms with Gasteiger partial charge < -0.3 is 9.88 Å². The van der Waals surface area contributed by atoms with Crippen LogP contribution in [0.3, 0.4) is 0 Å². The quantitative estimate of drug-likeness (QED) is 0.835. The lowest BCUT2D eigenvalue weighted by atomic mass is 9.93. The fraction of sp³-hybridized carbons (Fsp3) is 0.615. The molecule has 1 aliphatic heterocycles. The summed E-state index contributed by atoms with van der Waals surface area (Å²) in [6, 6.07) is 4.02. The van der Waals surface area contributed by atoms with Crippen LogP contribution in [-0.2, 0) is 11.0 Å². The van der Waals surface area contributed by atoms with E-state index >= 15 is 0 Å². The van der Waals surface area contributed by atoms with Crippen molar-refractivity contribution in [3.63, 3.8) is 0 Å². The van der Waals surface area contributed by atoms with E-state index in [9.17, 15) is 4.57 Å². The van der Waals surface area contributed by atoms with Crippen LogP contribution in [0, 0.1) is 5.92 Å². The third kappa shape index (κ3) is 3.65. The molecular weight excluding hydrogens is 231 g/mol. The largest absolute Gasteiger partial charge is 0.319 e. The predicted molar refractivity (Wildman–Crippen MR) is 72.6 cm³/mol. The Labute approximate surface area is 103 Å². The maximum Gasteiger partial charge on any atom is 0.111 e. The molecule has 1 N–H and O–H groups in total. The highest BCUT2D eigenvalue weighted by Crippen LogP contribution is 2.33. The molecule has 1 aliphatic rings. The SMILES string of the molecule is CP(C)(=O)c1ccc(CC2CCNCC2)nc1. The average molecular weight is 252 g/mol. The van der Waals surface area contributed by atoms with Gasteiger partial charge in [0.2, 0.25) is 0 Å². The summed E-state index contributed by atoms with van der Waals surface area (Å²) in [4.78, 5) is 4.45. The predicted octanol–water partition coefficient (Wildman–Crippen LogP) is 1.87. The van der Waals surface area contributed by atoms with Gasteiger partial charge in [-0.05, 0) is 63.7 Å². The molecule has 0 spiro atoms. The molecule has 0 radical (unpaired) electrons. The molecule has 0 aromatic carbocycles. The Morgan fingerprint density at radius 3 is 2.59 bits per heavy atom. The summed E-state index contributed by atoms with van der Waals surface area (Å²) in [7, 11) is -2.15. The van der Waals surface area contributed by atoms with E-state index in [1.807, 2.05) is 12.1 Å². The zero-order chi connectivity index (χ0) is 12.3. The lowest BCUT2D eigenvalue weighted by Crippen LogP contribution is -2.28. The van der Waals surface area contributed by atoms with Crippen LogP contribution >= 0.6 is 7.14 Å². The van der Waals surface area contributed by atoms with Gasteiger partial charge >= 0.3 is 0 Å². The Bertz CT molecular complexity index is 404. The van der Waals surface area contributed by atoms with Gasteiger partial charge in [-0.15, -0.1) is 0 Å². The summed E-state index contributed by atoms with van der Waals surface area (Å²) in [6.45, 7) is 5.83. The second kappa shape index (κ2) is 5.32. The van der Waals surface area contributed by atoms with Crippen molar-refractivity contribution >= 4 is 12.4 Å². The number of piperidine rings is 1. The Kier molecular flexibility index (Phi) is 4.01. The minimum Gasteiger partial charge on any atom is -0.319 e. The first kappa shape index (κ1) is 12.8. The molecule has 17 heavy (non-hydrogen) atoms. The Morgan fingerprint density at radius 1 is 1.35 bits per heavy atom. The van der Waals surface area contributed by atoms with Crippen molar-refractivity contribution in [2.45, 2.75) is 19.3 Å². The van der Waals surface area contributed by atoms with Crippen LogP contribution in [0.1, 0.15) is 18.5 Å². The standard InChI is InChI=1S/C13H21N2OP/c1-17(2,16)13-4-3-12(15-10-13)9-11-5-7-14-8-6-11/h3-4,10-11,14H,5-9H2,1-2H3. The molecule has 1 saturated heterocycles. The van der Waals surface area contributed by atoms with Gasteiger partial charge in [-0.25, -0.2) is 0 Å². The van der Waals surface area contributed by atoms with E-state index in [2.05, 4.69) is 10.3 Å². The fourth-order valence-electron chi connectivity index (χ4n) is 2.24. The summed E-state index contributed by atoms with van der Waals surface area (Å²) in [5, 5.41) is 4.25. The molecule has 0 bridgehead atoms. The number of rotatable bonds is 3. The van der Waals surface area contributed by atoms with Crippen molar-refractivity contribution in [1.29, 1.82) is 0 Å². The maximum atomic E-state index is 11.9. The van der Waals surface area contributed by atoms with E-state index in [4.69, 9.17) is 0 Å².